The van der Waals surface area contributed by atoms with Crippen molar-refractivity contribution >= 4 is 29.0 Å². The molecule has 2 aromatic heterocycles. The zero-order valence-electron chi connectivity index (χ0n) is 21.0. The maximum absolute atomic E-state index is 13.8. The van der Waals surface area contributed by atoms with Gasteiger partial charge in [-0.25, -0.2) is 18.7 Å². The number of nitrogens with zero attached hydrogens (tertiary/aromatic N) is 3. The summed E-state index contributed by atoms with van der Waals surface area (Å²) in [5, 5.41) is 15.9. The maximum Gasteiger partial charge on any atom is 0.280 e. The number of piperidine rings is 1. The molecule has 0 unspecified atom stereocenters. The van der Waals surface area contributed by atoms with Gasteiger partial charge in [0.1, 0.15) is 23.4 Å². The third kappa shape index (κ3) is 6.18. The van der Waals surface area contributed by atoms with Gasteiger partial charge in [0, 0.05) is 50.3 Å². The van der Waals surface area contributed by atoms with Crippen LogP contribution in [0.2, 0.25) is 0 Å². The molecule has 196 valence electrons. The molecule has 4 rings (SSSR count). The summed E-state index contributed by atoms with van der Waals surface area (Å²) >= 11 is 1.08. The molecule has 1 aliphatic heterocycles. The lowest BCUT2D eigenvalue weighted by Gasteiger charge is -2.39. The molecule has 2 aliphatic rings. The molecule has 0 atom stereocenters. The normalized spacial score (nSPS) is 22.8. The third-order valence-electron chi connectivity index (χ3n) is 6.47. The number of amides is 2. The average molecular weight is 522 g/mol. The number of carbonyl (C=O) groups is 2. The molecule has 2 amide bonds. The second-order valence-corrected chi connectivity index (χ2v) is 11.7. The van der Waals surface area contributed by atoms with Gasteiger partial charge in [-0.05, 0) is 52.2 Å². The number of aryl methyl sites for hydroxylation is 1. The number of alkyl halides is 2. The predicted octanol–water partition coefficient (Wildman–Crippen LogP) is 3.89. The van der Waals surface area contributed by atoms with E-state index in [1.807, 2.05) is 13.0 Å². The number of halogens is 2. The Bertz CT molecular complexity index is 1130. The standard InChI is InChI=1S/C25H33F2N5O3S/c1-14-9-18(30-16-10-25(4,27)11-16)28-12-17(14)20-19(23(34)32-7-5-15(26)6-8-32)31-22(36-20)21(33)29-13-24(2,3)35/h9,12,15-16,35H,5-8,10-11,13H2,1-4H3,(H,28,30)(H,29,33). The number of rotatable bonds is 7. The molecule has 1 aliphatic carbocycles. The van der Waals surface area contributed by atoms with Crippen LogP contribution in [0.25, 0.3) is 10.4 Å². The Balaban J connectivity index is 1.62. The third-order valence-corrected chi connectivity index (χ3v) is 7.56. The van der Waals surface area contributed by atoms with Crippen molar-refractivity contribution in [1.82, 2.24) is 20.2 Å². The fourth-order valence-electron chi connectivity index (χ4n) is 4.47. The fraction of sp³-hybridized carbons (Fsp3) is 0.600. The maximum atomic E-state index is 13.8. The number of hydrogen-bond donors (Lipinski definition) is 3. The van der Waals surface area contributed by atoms with Crippen molar-refractivity contribution in [3.8, 4) is 10.4 Å². The van der Waals surface area contributed by atoms with Crippen molar-refractivity contribution in [3.63, 3.8) is 0 Å². The zero-order valence-corrected chi connectivity index (χ0v) is 21.8. The Kier molecular flexibility index (Phi) is 7.34. The molecule has 0 bridgehead atoms. The first-order valence-corrected chi connectivity index (χ1v) is 13.0. The molecule has 2 aromatic rings. The monoisotopic (exact) mass is 521 g/mol. The topological polar surface area (TPSA) is 107 Å². The van der Waals surface area contributed by atoms with E-state index in [0.717, 1.165) is 16.9 Å². The number of carbonyl (C=O) groups excluding carboxylic acids is 2. The smallest absolute Gasteiger partial charge is 0.280 e. The van der Waals surface area contributed by atoms with Gasteiger partial charge in [0.2, 0.25) is 0 Å². The summed E-state index contributed by atoms with van der Waals surface area (Å²) in [5.41, 5.74) is -0.646. The van der Waals surface area contributed by atoms with E-state index in [-0.39, 0.29) is 55.1 Å². The van der Waals surface area contributed by atoms with Gasteiger partial charge in [-0.15, -0.1) is 11.3 Å². The van der Waals surface area contributed by atoms with Crippen LogP contribution in [0, 0.1) is 6.92 Å². The number of thiazole rings is 1. The van der Waals surface area contributed by atoms with Gasteiger partial charge in [0.05, 0.1) is 10.5 Å². The van der Waals surface area contributed by atoms with Crippen molar-refractivity contribution < 1.29 is 23.5 Å². The van der Waals surface area contributed by atoms with Gasteiger partial charge >= 0.3 is 0 Å². The highest BCUT2D eigenvalue weighted by atomic mass is 32.1. The molecular weight excluding hydrogens is 488 g/mol. The van der Waals surface area contributed by atoms with Gasteiger partial charge < -0.3 is 20.6 Å². The largest absolute Gasteiger partial charge is 0.389 e. The van der Waals surface area contributed by atoms with Crippen LogP contribution in [0.4, 0.5) is 14.6 Å². The second kappa shape index (κ2) is 10.0. The van der Waals surface area contributed by atoms with Gasteiger partial charge in [-0.2, -0.15) is 0 Å². The molecule has 36 heavy (non-hydrogen) atoms. The second-order valence-electron chi connectivity index (χ2n) is 10.7. The Morgan fingerprint density at radius 3 is 2.56 bits per heavy atom. The average Bonchev–Trinajstić information content (AvgIpc) is 3.21. The zero-order chi connectivity index (χ0) is 26.3. The fourth-order valence-corrected chi connectivity index (χ4v) is 5.52. The van der Waals surface area contributed by atoms with Crippen LogP contribution in [0.3, 0.4) is 0 Å². The van der Waals surface area contributed by atoms with Crippen molar-refractivity contribution in [1.29, 1.82) is 0 Å². The van der Waals surface area contributed by atoms with Gasteiger partial charge in [-0.1, -0.05) is 0 Å². The summed E-state index contributed by atoms with van der Waals surface area (Å²) in [4.78, 5) is 37.1. The van der Waals surface area contributed by atoms with Crippen LogP contribution < -0.4 is 10.6 Å². The van der Waals surface area contributed by atoms with E-state index < -0.39 is 23.3 Å². The lowest BCUT2D eigenvalue weighted by Crippen LogP contribution is -2.45. The quantitative estimate of drug-likeness (QED) is 0.510. The van der Waals surface area contributed by atoms with E-state index in [1.165, 1.54) is 0 Å². The Hall–Kier alpha value is -2.66. The molecule has 2 fully saturated rings. The van der Waals surface area contributed by atoms with E-state index in [2.05, 4.69) is 20.6 Å². The minimum atomic E-state index is -1.15. The Labute approximate surface area is 213 Å². The number of nitrogens with one attached hydrogen (secondary N) is 2. The highest BCUT2D eigenvalue weighted by Crippen LogP contribution is 2.38. The molecule has 11 heteroatoms. The highest BCUT2D eigenvalue weighted by molar-refractivity contribution is 7.17. The van der Waals surface area contributed by atoms with Crippen LogP contribution in [-0.4, -0.2) is 74.9 Å². The SMILES string of the molecule is Cc1cc(NC2CC(C)(F)C2)ncc1-c1sc(C(=O)NCC(C)(C)O)nc1C(=O)N1CCC(F)CC1. The molecule has 3 heterocycles. The number of anilines is 1. The number of hydrogen-bond acceptors (Lipinski definition) is 7. The number of aromatic nitrogens is 2. The molecule has 0 radical (unpaired) electrons. The Morgan fingerprint density at radius 1 is 1.31 bits per heavy atom. The minimum absolute atomic E-state index is 0.0165. The molecule has 0 aromatic carbocycles. The lowest BCUT2D eigenvalue weighted by atomic mass is 9.79. The summed E-state index contributed by atoms with van der Waals surface area (Å²) in [6.45, 7) is 7.20. The number of likely N-dealkylation sites (tertiary alicyclic amines) is 1. The summed E-state index contributed by atoms with van der Waals surface area (Å²) in [7, 11) is 0. The molecular formula is C25H33F2N5O3S. The van der Waals surface area contributed by atoms with Crippen LogP contribution in [0.15, 0.2) is 12.3 Å². The van der Waals surface area contributed by atoms with Gasteiger partial charge in [-0.3, -0.25) is 9.59 Å². The van der Waals surface area contributed by atoms with Crippen LogP contribution >= 0.6 is 11.3 Å². The van der Waals surface area contributed by atoms with Crippen LogP contribution in [-0.2, 0) is 0 Å². The van der Waals surface area contributed by atoms with Crippen LogP contribution in [0.5, 0.6) is 0 Å². The first kappa shape index (κ1) is 26.4. The van der Waals surface area contributed by atoms with E-state index in [9.17, 15) is 23.5 Å². The molecule has 1 saturated carbocycles. The lowest BCUT2D eigenvalue weighted by molar-refractivity contribution is 0.0660. The number of aliphatic hydroxyl groups is 1. The van der Waals surface area contributed by atoms with E-state index in [1.54, 1.807) is 31.9 Å². The van der Waals surface area contributed by atoms with Gasteiger partial charge in [0.15, 0.2) is 5.01 Å². The highest BCUT2D eigenvalue weighted by Gasteiger charge is 2.40. The van der Waals surface area contributed by atoms with E-state index in [4.69, 9.17) is 0 Å². The van der Waals surface area contributed by atoms with Gasteiger partial charge in [0.25, 0.3) is 11.8 Å². The summed E-state index contributed by atoms with van der Waals surface area (Å²) in [5.74, 6) is -0.233. The number of pyridine rings is 1. The molecule has 3 N–H and O–H groups in total. The van der Waals surface area contributed by atoms with E-state index in [0.29, 0.717) is 29.1 Å². The summed E-state index contributed by atoms with van der Waals surface area (Å²) < 4.78 is 27.5. The van der Waals surface area contributed by atoms with Crippen molar-refractivity contribution in [2.24, 2.45) is 0 Å². The van der Waals surface area contributed by atoms with Crippen molar-refractivity contribution in [3.05, 3.63) is 28.5 Å². The molecule has 8 nitrogen and oxygen atoms in total. The van der Waals surface area contributed by atoms with Crippen molar-refractivity contribution in [2.75, 3.05) is 25.0 Å². The first-order chi connectivity index (χ1) is 16.8. The molecule has 1 saturated heterocycles. The summed E-state index contributed by atoms with van der Waals surface area (Å²) in [6, 6.07) is 1.85. The van der Waals surface area contributed by atoms with E-state index >= 15 is 0 Å². The van der Waals surface area contributed by atoms with Crippen molar-refractivity contribution in [2.45, 2.75) is 76.9 Å². The van der Waals surface area contributed by atoms with Crippen LogP contribution in [0.1, 0.15) is 72.3 Å². The summed E-state index contributed by atoms with van der Waals surface area (Å²) in [6.07, 6.45) is 2.07. The molecule has 0 spiro atoms. The predicted molar refractivity (Wildman–Crippen MR) is 135 cm³/mol. The minimum Gasteiger partial charge on any atom is -0.389 e. The first-order valence-electron chi connectivity index (χ1n) is 12.2. The Morgan fingerprint density at radius 2 is 1.97 bits per heavy atom.